The maximum atomic E-state index is 12.0. The summed E-state index contributed by atoms with van der Waals surface area (Å²) in [6, 6.07) is 7.63. The van der Waals surface area contributed by atoms with Gasteiger partial charge in [0.05, 0.1) is 6.20 Å². The summed E-state index contributed by atoms with van der Waals surface area (Å²) in [6.45, 7) is 1.89. The molecule has 122 valence electrons. The van der Waals surface area contributed by atoms with Gasteiger partial charge in [0, 0.05) is 36.0 Å². The third kappa shape index (κ3) is 4.56. The molecule has 23 heavy (non-hydrogen) atoms. The number of aromatic nitrogens is 1. The van der Waals surface area contributed by atoms with Crippen LogP contribution in [-0.4, -0.2) is 30.0 Å². The van der Waals surface area contributed by atoms with Crippen molar-refractivity contribution >= 4 is 17.5 Å². The maximum absolute atomic E-state index is 12.0. The van der Waals surface area contributed by atoms with Crippen molar-refractivity contribution in [1.29, 1.82) is 0 Å². The summed E-state index contributed by atoms with van der Waals surface area (Å²) < 4.78 is 5.70. The molecule has 1 saturated heterocycles. The Bertz CT molecular complexity index is 648. The van der Waals surface area contributed by atoms with Crippen LogP contribution in [0.4, 0.5) is 0 Å². The zero-order valence-corrected chi connectivity index (χ0v) is 13.6. The lowest BCUT2D eigenvalue weighted by Gasteiger charge is -2.23. The van der Waals surface area contributed by atoms with Crippen molar-refractivity contribution in [3.63, 3.8) is 0 Å². The van der Waals surface area contributed by atoms with Gasteiger partial charge >= 0.3 is 0 Å². The first-order valence-corrected chi connectivity index (χ1v) is 8.29. The van der Waals surface area contributed by atoms with Gasteiger partial charge in [0.25, 0.3) is 0 Å². The molecule has 0 unspecified atom stereocenters. The highest BCUT2D eigenvalue weighted by molar-refractivity contribution is 6.30. The van der Waals surface area contributed by atoms with Crippen LogP contribution in [0.2, 0.25) is 5.02 Å². The summed E-state index contributed by atoms with van der Waals surface area (Å²) >= 11 is 5.87. The van der Waals surface area contributed by atoms with Crippen molar-refractivity contribution < 1.29 is 9.21 Å². The number of carbonyl (C=O) groups excluding carboxylic acids is 1. The van der Waals surface area contributed by atoms with Crippen molar-refractivity contribution in [2.24, 2.45) is 0 Å². The summed E-state index contributed by atoms with van der Waals surface area (Å²) in [5.74, 6) is 1.31. The van der Waals surface area contributed by atoms with Crippen LogP contribution in [0.25, 0.3) is 11.3 Å². The summed E-state index contributed by atoms with van der Waals surface area (Å²) in [4.78, 5) is 16.2. The average Bonchev–Trinajstić information content (AvgIpc) is 3.04. The van der Waals surface area contributed by atoms with E-state index in [1.807, 2.05) is 24.3 Å². The number of amides is 1. The fourth-order valence-electron chi connectivity index (χ4n) is 2.67. The van der Waals surface area contributed by atoms with E-state index in [-0.39, 0.29) is 11.9 Å². The monoisotopic (exact) mass is 333 g/mol. The number of hydrogen-bond donors (Lipinski definition) is 2. The van der Waals surface area contributed by atoms with Gasteiger partial charge in [-0.2, -0.15) is 0 Å². The summed E-state index contributed by atoms with van der Waals surface area (Å²) in [5.41, 5.74) is 0.922. The third-order valence-electron chi connectivity index (χ3n) is 3.91. The van der Waals surface area contributed by atoms with Crippen LogP contribution in [0.3, 0.4) is 0 Å². The molecule has 1 aliphatic heterocycles. The molecule has 3 rings (SSSR count). The molecule has 1 amide bonds. The predicted octanol–water partition coefficient (Wildman–Crippen LogP) is 2.80. The van der Waals surface area contributed by atoms with Gasteiger partial charge < -0.3 is 15.1 Å². The summed E-state index contributed by atoms with van der Waals surface area (Å²) in [5, 5.41) is 7.02. The molecule has 5 nitrogen and oxygen atoms in total. The van der Waals surface area contributed by atoms with Gasteiger partial charge in [-0.1, -0.05) is 11.6 Å². The highest BCUT2D eigenvalue weighted by atomic mass is 35.5. The van der Waals surface area contributed by atoms with E-state index in [1.54, 1.807) is 6.20 Å². The number of aryl methyl sites for hydroxylation is 1. The van der Waals surface area contributed by atoms with Crippen molar-refractivity contribution in [3.05, 3.63) is 41.4 Å². The number of piperidine rings is 1. The number of hydrogen-bond acceptors (Lipinski definition) is 4. The quantitative estimate of drug-likeness (QED) is 0.883. The van der Waals surface area contributed by atoms with Crippen molar-refractivity contribution in [1.82, 2.24) is 15.6 Å². The van der Waals surface area contributed by atoms with Crippen LogP contribution in [0.1, 0.15) is 25.2 Å². The molecule has 1 aromatic carbocycles. The van der Waals surface area contributed by atoms with Crippen LogP contribution in [-0.2, 0) is 11.2 Å². The molecule has 0 aliphatic carbocycles. The molecule has 2 N–H and O–H groups in total. The molecule has 0 spiro atoms. The van der Waals surface area contributed by atoms with E-state index in [0.29, 0.717) is 29.5 Å². The molecule has 1 atom stereocenters. The molecular weight excluding hydrogens is 314 g/mol. The van der Waals surface area contributed by atoms with Gasteiger partial charge in [0.1, 0.15) is 0 Å². The fourth-order valence-corrected chi connectivity index (χ4v) is 2.79. The second-order valence-electron chi connectivity index (χ2n) is 5.74. The van der Waals surface area contributed by atoms with E-state index in [1.165, 1.54) is 0 Å². The number of nitrogens with one attached hydrogen (secondary N) is 2. The highest BCUT2D eigenvalue weighted by Gasteiger charge is 2.16. The normalized spacial score (nSPS) is 17.9. The van der Waals surface area contributed by atoms with Gasteiger partial charge in [-0.3, -0.25) is 4.79 Å². The van der Waals surface area contributed by atoms with Crippen molar-refractivity contribution in [3.8, 4) is 11.3 Å². The minimum absolute atomic E-state index is 0.0462. The Balaban J connectivity index is 1.50. The standard InChI is InChI=1S/C17H20ClN3O2/c18-13-5-3-12(4-6-13)15-11-20-17(23-15)8-7-16(22)21-14-2-1-9-19-10-14/h3-6,11,14,19H,1-2,7-10H2,(H,21,22)/t14-/m0/s1. The Morgan fingerprint density at radius 2 is 2.22 bits per heavy atom. The van der Waals surface area contributed by atoms with Crippen LogP contribution >= 0.6 is 11.6 Å². The smallest absolute Gasteiger partial charge is 0.220 e. The van der Waals surface area contributed by atoms with Crippen LogP contribution in [0.5, 0.6) is 0 Å². The topological polar surface area (TPSA) is 67.2 Å². The number of carbonyl (C=O) groups is 1. The molecule has 2 heterocycles. The van der Waals surface area contributed by atoms with E-state index in [4.69, 9.17) is 16.0 Å². The third-order valence-corrected chi connectivity index (χ3v) is 4.16. The SMILES string of the molecule is O=C(CCc1ncc(-c2ccc(Cl)cc2)o1)N[C@H]1CCCNC1. The highest BCUT2D eigenvalue weighted by Crippen LogP contribution is 2.22. The molecule has 2 aromatic rings. The van der Waals surface area contributed by atoms with Crippen LogP contribution in [0.15, 0.2) is 34.9 Å². The molecular formula is C17H20ClN3O2. The molecule has 1 aromatic heterocycles. The number of benzene rings is 1. The number of halogens is 1. The zero-order chi connectivity index (χ0) is 16.1. The molecule has 0 radical (unpaired) electrons. The van der Waals surface area contributed by atoms with Gasteiger partial charge in [0.15, 0.2) is 11.7 Å². The average molecular weight is 334 g/mol. The molecule has 0 saturated carbocycles. The lowest BCUT2D eigenvalue weighted by Crippen LogP contribution is -2.45. The maximum Gasteiger partial charge on any atom is 0.220 e. The van der Waals surface area contributed by atoms with Crippen LogP contribution < -0.4 is 10.6 Å². The Hall–Kier alpha value is -1.85. The molecule has 0 bridgehead atoms. The summed E-state index contributed by atoms with van der Waals surface area (Å²) in [6.07, 6.45) is 4.71. The Labute approximate surface area is 140 Å². The van der Waals surface area contributed by atoms with Gasteiger partial charge in [-0.05, 0) is 43.7 Å². The van der Waals surface area contributed by atoms with Crippen LogP contribution in [0, 0.1) is 0 Å². The van der Waals surface area contributed by atoms with Crippen molar-refractivity contribution in [2.45, 2.75) is 31.7 Å². The first-order valence-electron chi connectivity index (χ1n) is 7.91. The molecule has 1 aliphatic rings. The number of nitrogens with zero attached hydrogens (tertiary/aromatic N) is 1. The first kappa shape index (κ1) is 16.0. The zero-order valence-electron chi connectivity index (χ0n) is 12.8. The lowest BCUT2D eigenvalue weighted by molar-refractivity contribution is -0.121. The summed E-state index contributed by atoms with van der Waals surface area (Å²) in [7, 11) is 0. The van der Waals surface area contributed by atoms with Gasteiger partial charge in [-0.25, -0.2) is 4.98 Å². The molecule has 1 fully saturated rings. The molecule has 6 heteroatoms. The first-order chi connectivity index (χ1) is 11.2. The van der Waals surface area contributed by atoms with E-state index < -0.39 is 0 Å². The number of rotatable bonds is 5. The van der Waals surface area contributed by atoms with Crippen molar-refractivity contribution in [2.75, 3.05) is 13.1 Å². The van der Waals surface area contributed by atoms with E-state index >= 15 is 0 Å². The minimum atomic E-state index is 0.0462. The minimum Gasteiger partial charge on any atom is -0.441 e. The second kappa shape index (κ2) is 7.62. The van der Waals surface area contributed by atoms with E-state index in [2.05, 4.69) is 15.6 Å². The van der Waals surface area contributed by atoms with E-state index in [9.17, 15) is 4.79 Å². The largest absolute Gasteiger partial charge is 0.441 e. The lowest BCUT2D eigenvalue weighted by atomic mass is 10.1. The number of oxazole rings is 1. The Morgan fingerprint density at radius 3 is 2.96 bits per heavy atom. The Kier molecular flexibility index (Phi) is 5.31. The van der Waals surface area contributed by atoms with Gasteiger partial charge in [0.2, 0.25) is 5.91 Å². The Morgan fingerprint density at radius 1 is 1.39 bits per heavy atom. The van der Waals surface area contributed by atoms with E-state index in [0.717, 1.165) is 31.5 Å². The second-order valence-corrected chi connectivity index (χ2v) is 6.17. The fraction of sp³-hybridized carbons (Fsp3) is 0.412. The van der Waals surface area contributed by atoms with Gasteiger partial charge in [-0.15, -0.1) is 0 Å². The predicted molar refractivity (Wildman–Crippen MR) is 89.3 cm³/mol.